The largest absolute Gasteiger partial charge is 0.464 e. The lowest BCUT2D eigenvalue weighted by Gasteiger charge is -2.42. The second-order valence-corrected chi connectivity index (χ2v) is 7.34. The number of nitrogens with zero attached hydrogens (tertiary/aromatic N) is 1. The summed E-state index contributed by atoms with van der Waals surface area (Å²) in [5.41, 5.74) is 1.22. The highest BCUT2D eigenvalue weighted by Crippen LogP contribution is 2.41. The minimum atomic E-state index is -1.03. The van der Waals surface area contributed by atoms with E-state index in [1.54, 1.807) is 0 Å². The van der Waals surface area contributed by atoms with Gasteiger partial charge in [-0.15, -0.1) is 12.4 Å². The predicted molar refractivity (Wildman–Crippen MR) is 112 cm³/mol. The molecule has 154 valence electrons. The van der Waals surface area contributed by atoms with Crippen molar-refractivity contribution >= 4 is 18.4 Å². The molecule has 0 saturated heterocycles. The first kappa shape index (κ1) is 23.9. The summed E-state index contributed by atoms with van der Waals surface area (Å²) in [6.07, 6.45) is 3.64. The van der Waals surface area contributed by atoms with E-state index in [2.05, 4.69) is 37.8 Å². The topological polar surface area (TPSA) is 49.8 Å². The van der Waals surface area contributed by atoms with Crippen molar-refractivity contribution in [1.29, 1.82) is 0 Å². The third-order valence-corrected chi connectivity index (χ3v) is 5.82. The molecule has 1 aliphatic rings. The third-order valence-electron chi connectivity index (χ3n) is 5.82. The van der Waals surface area contributed by atoms with E-state index < -0.39 is 12.1 Å². The Kier molecular flexibility index (Phi) is 11.0. The zero-order valence-corrected chi connectivity index (χ0v) is 17.8. The van der Waals surface area contributed by atoms with Gasteiger partial charge in [0.25, 0.3) is 0 Å². The van der Waals surface area contributed by atoms with E-state index >= 15 is 0 Å². The van der Waals surface area contributed by atoms with Crippen LogP contribution >= 0.6 is 12.4 Å². The summed E-state index contributed by atoms with van der Waals surface area (Å²) in [6.45, 7) is 8.94. The van der Waals surface area contributed by atoms with E-state index in [4.69, 9.17) is 4.74 Å². The number of ether oxygens (including phenoxy) is 1. The van der Waals surface area contributed by atoms with E-state index in [9.17, 15) is 9.90 Å². The van der Waals surface area contributed by atoms with Crippen LogP contribution in [0.5, 0.6) is 0 Å². The van der Waals surface area contributed by atoms with Gasteiger partial charge in [-0.1, -0.05) is 57.5 Å². The summed E-state index contributed by atoms with van der Waals surface area (Å²) in [5, 5.41) is 10.7. The number of aliphatic hydroxyl groups excluding tert-OH is 1. The van der Waals surface area contributed by atoms with Crippen LogP contribution in [0.1, 0.15) is 64.4 Å². The molecule has 1 aromatic carbocycles. The molecule has 0 spiro atoms. The number of hydrogen-bond acceptors (Lipinski definition) is 4. The Morgan fingerprint density at radius 1 is 1.19 bits per heavy atom. The standard InChI is InChI=1S/C22H35NO3.ClH/c1-4-7-15-26-22(25)21(24)19-14-13-18(23(5-2)6-3)16-20(19)17-11-9-8-10-12-17;/h8-12,18-21,24H,4-7,13-16H2,1-3H3;1H. The lowest BCUT2D eigenvalue weighted by Crippen LogP contribution is -2.44. The van der Waals surface area contributed by atoms with Gasteiger partial charge in [-0.05, 0) is 50.3 Å². The van der Waals surface area contributed by atoms with Gasteiger partial charge < -0.3 is 14.7 Å². The lowest BCUT2D eigenvalue weighted by atomic mass is 9.70. The number of rotatable bonds is 9. The number of unbranched alkanes of at least 4 members (excludes halogenated alkanes) is 1. The molecule has 1 saturated carbocycles. The average Bonchev–Trinajstić information content (AvgIpc) is 2.69. The van der Waals surface area contributed by atoms with Crippen molar-refractivity contribution in [1.82, 2.24) is 4.90 Å². The molecule has 0 aliphatic heterocycles. The SMILES string of the molecule is CCCCOC(=O)C(O)C1CCC(N(CC)CC)CC1c1ccccc1.Cl. The van der Waals surface area contributed by atoms with E-state index in [0.717, 1.165) is 45.2 Å². The zero-order valence-electron chi connectivity index (χ0n) is 17.0. The van der Waals surface area contributed by atoms with Crippen LogP contribution in [-0.2, 0) is 9.53 Å². The molecule has 0 bridgehead atoms. The lowest BCUT2D eigenvalue weighted by molar-refractivity contribution is -0.158. The highest BCUT2D eigenvalue weighted by atomic mass is 35.5. The molecule has 1 aliphatic carbocycles. The number of halogens is 1. The van der Waals surface area contributed by atoms with Gasteiger partial charge in [0.2, 0.25) is 0 Å². The highest BCUT2D eigenvalue weighted by molar-refractivity contribution is 5.85. The summed E-state index contributed by atoms with van der Waals surface area (Å²) < 4.78 is 5.30. The third kappa shape index (κ3) is 6.48. The van der Waals surface area contributed by atoms with Gasteiger partial charge in [0.1, 0.15) is 0 Å². The Labute approximate surface area is 170 Å². The van der Waals surface area contributed by atoms with Crippen LogP contribution in [0.4, 0.5) is 0 Å². The fraction of sp³-hybridized carbons (Fsp3) is 0.682. The van der Waals surface area contributed by atoms with Crippen LogP contribution in [0.2, 0.25) is 0 Å². The number of carbonyl (C=O) groups excluding carboxylic acids is 1. The summed E-state index contributed by atoms with van der Waals surface area (Å²) >= 11 is 0. The maximum absolute atomic E-state index is 12.3. The smallest absolute Gasteiger partial charge is 0.335 e. The van der Waals surface area contributed by atoms with Crippen LogP contribution < -0.4 is 0 Å². The molecular formula is C22H36ClNO3. The summed E-state index contributed by atoms with van der Waals surface area (Å²) in [4.78, 5) is 14.8. The molecule has 27 heavy (non-hydrogen) atoms. The number of carbonyl (C=O) groups is 1. The second kappa shape index (κ2) is 12.4. The first-order valence-corrected chi connectivity index (χ1v) is 10.3. The van der Waals surface area contributed by atoms with Crippen LogP contribution in [0.3, 0.4) is 0 Å². The van der Waals surface area contributed by atoms with Crippen LogP contribution in [-0.4, -0.2) is 47.8 Å². The van der Waals surface area contributed by atoms with Gasteiger partial charge >= 0.3 is 5.97 Å². The van der Waals surface area contributed by atoms with Gasteiger partial charge in [0, 0.05) is 12.0 Å². The molecule has 5 heteroatoms. The van der Waals surface area contributed by atoms with Crippen molar-refractivity contribution in [2.75, 3.05) is 19.7 Å². The normalized spacial score (nSPS) is 23.5. The van der Waals surface area contributed by atoms with Gasteiger partial charge in [0.15, 0.2) is 6.10 Å². The highest BCUT2D eigenvalue weighted by Gasteiger charge is 2.40. The monoisotopic (exact) mass is 397 g/mol. The summed E-state index contributed by atoms with van der Waals surface area (Å²) in [6, 6.07) is 10.8. The Morgan fingerprint density at radius 2 is 1.85 bits per heavy atom. The Morgan fingerprint density at radius 3 is 2.44 bits per heavy atom. The zero-order chi connectivity index (χ0) is 18.9. The van der Waals surface area contributed by atoms with Crippen molar-refractivity contribution in [3.05, 3.63) is 35.9 Å². The van der Waals surface area contributed by atoms with Crippen molar-refractivity contribution in [2.24, 2.45) is 5.92 Å². The Balaban J connectivity index is 0.00000364. The molecule has 0 aromatic heterocycles. The van der Waals surface area contributed by atoms with Crippen molar-refractivity contribution in [2.45, 2.75) is 70.9 Å². The average molecular weight is 398 g/mol. The number of benzene rings is 1. The Hall–Kier alpha value is -1.10. The van der Waals surface area contributed by atoms with E-state index in [0.29, 0.717) is 12.6 Å². The van der Waals surface area contributed by atoms with Crippen molar-refractivity contribution in [3.8, 4) is 0 Å². The molecule has 2 rings (SSSR count). The number of hydrogen-bond donors (Lipinski definition) is 1. The molecular weight excluding hydrogens is 362 g/mol. The number of aliphatic hydroxyl groups is 1. The molecule has 4 nitrogen and oxygen atoms in total. The summed E-state index contributed by atoms with van der Waals surface area (Å²) in [7, 11) is 0. The van der Waals surface area contributed by atoms with Gasteiger partial charge in [0.05, 0.1) is 6.61 Å². The first-order chi connectivity index (χ1) is 12.6. The fourth-order valence-corrected chi connectivity index (χ4v) is 4.28. The minimum Gasteiger partial charge on any atom is -0.464 e. The van der Waals surface area contributed by atoms with E-state index in [1.807, 2.05) is 18.2 Å². The van der Waals surface area contributed by atoms with Crippen LogP contribution in [0, 0.1) is 5.92 Å². The second-order valence-electron chi connectivity index (χ2n) is 7.34. The molecule has 4 unspecified atom stereocenters. The van der Waals surface area contributed by atoms with Gasteiger partial charge in [-0.2, -0.15) is 0 Å². The van der Waals surface area contributed by atoms with Gasteiger partial charge in [-0.3, -0.25) is 0 Å². The van der Waals surface area contributed by atoms with E-state index in [-0.39, 0.29) is 24.2 Å². The molecule has 1 N–H and O–H groups in total. The van der Waals surface area contributed by atoms with E-state index in [1.165, 1.54) is 5.56 Å². The number of esters is 1. The Bertz CT molecular complexity index is 536. The van der Waals surface area contributed by atoms with Gasteiger partial charge in [-0.25, -0.2) is 4.79 Å². The molecule has 1 aromatic rings. The molecule has 0 heterocycles. The van der Waals surface area contributed by atoms with Crippen LogP contribution in [0.15, 0.2) is 30.3 Å². The molecule has 0 amide bonds. The van der Waals surface area contributed by atoms with Crippen molar-refractivity contribution < 1.29 is 14.6 Å². The van der Waals surface area contributed by atoms with Crippen molar-refractivity contribution in [3.63, 3.8) is 0 Å². The molecule has 1 fully saturated rings. The van der Waals surface area contributed by atoms with Crippen LogP contribution in [0.25, 0.3) is 0 Å². The first-order valence-electron chi connectivity index (χ1n) is 10.3. The maximum Gasteiger partial charge on any atom is 0.335 e. The molecule has 4 atom stereocenters. The summed E-state index contributed by atoms with van der Waals surface area (Å²) in [5.74, 6) is -0.340. The quantitative estimate of drug-likeness (QED) is 0.495. The minimum absolute atomic E-state index is 0. The maximum atomic E-state index is 12.3. The predicted octanol–water partition coefficient (Wildman–Crippen LogP) is 4.41. The molecule has 0 radical (unpaired) electrons. The fourth-order valence-electron chi connectivity index (χ4n) is 4.28.